The molecular formula is C45H65ClN4O5. The van der Waals surface area contributed by atoms with Crippen LogP contribution < -0.4 is 5.32 Å². The van der Waals surface area contributed by atoms with Gasteiger partial charge in [0.1, 0.15) is 5.82 Å². The molecule has 2 aromatic rings. The Bertz CT molecular complexity index is 1800. The van der Waals surface area contributed by atoms with E-state index in [1.165, 1.54) is 12.0 Å². The van der Waals surface area contributed by atoms with E-state index in [9.17, 15) is 19.5 Å². The van der Waals surface area contributed by atoms with Gasteiger partial charge in [0.15, 0.2) is 11.6 Å². The van der Waals surface area contributed by atoms with Gasteiger partial charge >= 0.3 is 11.9 Å². The average molecular weight is 777 g/mol. The molecule has 0 saturated heterocycles. The van der Waals surface area contributed by atoms with Crippen LogP contribution in [0.4, 0.5) is 0 Å². The fourth-order valence-corrected chi connectivity index (χ4v) is 12.0. The SMILES string of the molecule is CNCCn1c(CC23CCC4C(CCC5C(C)(CCC(C)OC(=O)CC(C)(C)C(=O)O)C(C)CCC45C)C2=C(C(C)C)C(=O)C3)nnc1-c1ccc(Cl)cc1. The molecule has 0 aliphatic heterocycles. The zero-order valence-electron chi connectivity index (χ0n) is 34.8. The van der Waals surface area contributed by atoms with Crippen LogP contribution in [0.3, 0.4) is 0 Å². The number of likely N-dealkylation sites (N-methyl/N-ethyl adjacent to an activating group) is 1. The van der Waals surface area contributed by atoms with E-state index < -0.39 is 17.4 Å². The Morgan fingerprint density at radius 2 is 1.78 bits per heavy atom. The molecule has 0 bridgehead atoms. The van der Waals surface area contributed by atoms with Crippen molar-refractivity contribution in [3.8, 4) is 11.4 Å². The molecule has 10 heteroatoms. The molecule has 55 heavy (non-hydrogen) atoms. The summed E-state index contributed by atoms with van der Waals surface area (Å²) in [4.78, 5) is 38.6. The molecule has 0 spiro atoms. The van der Waals surface area contributed by atoms with Crippen molar-refractivity contribution in [2.24, 2.45) is 51.2 Å². The van der Waals surface area contributed by atoms with Gasteiger partial charge in [-0.15, -0.1) is 10.2 Å². The normalized spacial score (nSPS) is 31.2. The molecule has 8 atom stereocenters. The summed E-state index contributed by atoms with van der Waals surface area (Å²) in [5.74, 6) is 2.78. The number of carboxylic acids is 1. The van der Waals surface area contributed by atoms with Crippen LogP contribution >= 0.6 is 11.6 Å². The molecule has 4 aliphatic rings. The number of esters is 1. The van der Waals surface area contributed by atoms with Crippen LogP contribution in [0.25, 0.3) is 11.4 Å². The number of hydrogen-bond donors (Lipinski definition) is 2. The molecule has 8 unspecified atom stereocenters. The quantitative estimate of drug-likeness (QED) is 0.182. The summed E-state index contributed by atoms with van der Waals surface area (Å²) < 4.78 is 8.06. The van der Waals surface area contributed by atoms with E-state index in [2.05, 4.69) is 44.5 Å². The van der Waals surface area contributed by atoms with Gasteiger partial charge in [-0.3, -0.25) is 14.4 Å². The number of rotatable bonds is 14. The summed E-state index contributed by atoms with van der Waals surface area (Å²) in [6.07, 6.45) is 9.23. The Balaban J connectivity index is 1.27. The van der Waals surface area contributed by atoms with Crippen LogP contribution in [-0.2, 0) is 32.1 Å². The van der Waals surface area contributed by atoms with Crippen molar-refractivity contribution in [2.75, 3.05) is 13.6 Å². The average Bonchev–Trinajstić information content (AvgIpc) is 3.65. The number of Topliss-reactive ketones (excluding diaryl/α,β-unsaturated/α-hetero) is 1. The number of benzene rings is 1. The number of allylic oxidation sites excluding steroid dienone is 2. The summed E-state index contributed by atoms with van der Waals surface area (Å²) in [6.45, 7) is 18.5. The third-order valence-corrected chi connectivity index (χ3v) is 15.3. The van der Waals surface area contributed by atoms with Gasteiger partial charge < -0.3 is 19.7 Å². The van der Waals surface area contributed by atoms with Crippen LogP contribution in [0, 0.1) is 51.2 Å². The lowest BCUT2D eigenvalue weighted by Gasteiger charge is -2.65. The highest BCUT2D eigenvalue weighted by Gasteiger charge is 2.63. The first-order valence-electron chi connectivity index (χ1n) is 20.9. The zero-order valence-corrected chi connectivity index (χ0v) is 35.5. The number of aromatic nitrogens is 3. The predicted octanol–water partition coefficient (Wildman–Crippen LogP) is 9.36. The van der Waals surface area contributed by atoms with Crippen molar-refractivity contribution < 1.29 is 24.2 Å². The van der Waals surface area contributed by atoms with Gasteiger partial charge in [0, 0.05) is 41.9 Å². The Labute approximate surface area is 333 Å². The number of nitrogens with one attached hydrogen (secondary N) is 1. The van der Waals surface area contributed by atoms with Gasteiger partial charge in [-0.2, -0.15) is 0 Å². The smallest absolute Gasteiger partial charge is 0.309 e. The first-order valence-corrected chi connectivity index (χ1v) is 21.3. The zero-order chi connectivity index (χ0) is 40.1. The fourth-order valence-electron chi connectivity index (χ4n) is 11.9. The Morgan fingerprint density at radius 3 is 2.44 bits per heavy atom. The van der Waals surface area contributed by atoms with E-state index in [0.717, 1.165) is 80.8 Å². The monoisotopic (exact) mass is 776 g/mol. The molecule has 1 aromatic heterocycles. The molecule has 1 heterocycles. The number of carbonyl (C=O) groups excluding carboxylic acids is 2. The molecule has 0 amide bonds. The van der Waals surface area contributed by atoms with Gasteiger partial charge in [0.05, 0.1) is 17.9 Å². The topological polar surface area (TPSA) is 123 Å². The number of ketones is 1. The summed E-state index contributed by atoms with van der Waals surface area (Å²) >= 11 is 6.25. The van der Waals surface area contributed by atoms with E-state index >= 15 is 0 Å². The number of aliphatic carboxylic acids is 1. The van der Waals surface area contributed by atoms with Crippen LogP contribution in [0.15, 0.2) is 35.4 Å². The van der Waals surface area contributed by atoms with E-state index in [1.807, 2.05) is 38.2 Å². The lowest BCUT2D eigenvalue weighted by molar-refractivity contribution is -0.160. The Morgan fingerprint density at radius 1 is 1.07 bits per heavy atom. The molecule has 9 nitrogen and oxygen atoms in total. The highest BCUT2D eigenvalue weighted by molar-refractivity contribution is 6.30. The second-order valence-electron chi connectivity index (χ2n) is 19.3. The summed E-state index contributed by atoms with van der Waals surface area (Å²) in [6, 6.07) is 7.80. The molecule has 4 aliphatic carbocycles. The number of halogens is 1. The van der Waals surface area contributed by atoms with Gasteiger partial charge in [0.25, 0.3) is 0 Å². The first-order chi connectivity index (χ1) is 25.9. The van der Waals surface area contributed by atoms with Crippen molar-refractivity contribution in [2.45, 2.75) is 139 Å². The lowest BCUT2D eigenvalue weighted by atomic mass is 9.40. The van der Waals surface area contributed by atoms with E-state index in [1.54, 1.807) is 13.8 Å². The third kappa shape index (κ3) is 7.70. The summed E-state index contributed by atoms with van der Waals surface area (Å²) in [5, 5.41) is 23.1. The van der Waals surface area contributed by atoms with Crippen molar-refractivity contribution in [3.05, 3.63) is 46.3 Å². The molecule has 3 saturated carbocycles. The highest BCUT2D eigenvalue weighted by atomic mass is 35.5. The van der Waals surface area contributed by atoms with E-state index in [0.29, 0.717) is 47.3 Å². The van der Waals surface area contributed by atoms with E-state index in [-0.39, 0.29) is 34.7 Å². The molecule has 3 fully saturated rings. The molecule has 1 aromatic carbocycles. The largest absolute Gasteiger partial charge is 0.481 e. The molecule has 302 valence electrons. The standard InChI is InChI=1S/C45H65ClN4O5/c1-27(2)38-34(51)24-45(25-36-48-49-40(50(36)23-22-47-9)30-10-12-31(46)13-11-30)21-18-33-32(39(38)45)14-15-35-43(7,28(3)16-19-44(33,35)8)20-17-29(4)55-37(52)26-42(5,6)41(53)54/h10-13,27-29,32-33,35,47H,14-26H2,1-9H3,(H,53,54). The molecule has 0 radical (unpaired) electrons. The number of hydrogen-bond acceptors (Lipinski definition) is 7. The Kier molecular flexibility index (Phi) is 11.9. The van der Waals surface area contributed by atoms with Crippen molar-refractivity contribution in [3.63, 3.8) is 0 Å². The van der Waals surface area contributed by atoms with Crippen molar-refractivity contribution in [1.29, 1.82) is 0 Å². The number of nitrogens with zero attached hydrogens (tertiary/aromatic N) is 3. The maximum Gasteiger partial charge on any atom is 0.309 e. The van der Waals surface area contributed by atoms with Crippen LogP contribution in [0.1, 0.15) is 125 Å². The lowest BCUT2D eigenvalue weighted by Crippen LogP contribution is -2.57. The van der Waals surface area contributed by atoms with Gasteiger partial charge in [-0.1, -0.05) is 51.8 Å². The maximum absolute atomic E-state index is 14.2. The predicted molar refractivity (Wildman–Crippen MR) is 216 cm³/mol. The molecule has 6 rings (SSSR count). The molecular weight excluding hydrogens is 712 g/mol. The van der Waals surface area contributed by atoms with Crippen LogP contribution in [0.2, 0.25) is 5.02 Å². The second-order valence-corrected chi connectivity index (χ2v) is 19.7. The maximum atomic E-state index is 14.2. The van der Waals surface area contributed by atoms with Crippen molar-refractivity contribution in [1.82, 2.24) is 20.1 Å². The van der Waals surface area contributed by atoms with Crippen LogP contribution in [0.5, 0.6) is 0 Å². The van der Waals surface area contributed by atoms with E-state index in [4.69, 9.17) is 26.5 Å². The van der Waals surface area contributed by atoms with Gasteiger partial charge in [-0.05, 0) is 149 Å². The number of carboxylic acid groups (broad SMARTS) is 1. The Hall–Kier alpha value is -3.04. The third-order valence-electron chi connectivity index (χ3n) is 15.1. The summed E-state index contributed by atoms with van der Waals surface area (Å²) in [7, 11) is 1.96. The minimum Gasteiger partial charge on any atom is -0.481 e. The first kappa shape index (κ1) is 41.6. The van der Waals surface area contributed by atoms with Gasteiger partial charge in [0.2, 0.25) is 0 Å². The number of carbonyl (C=O) groups is 3. The van der Waals surface area contributed by atoms with Crippen LogP contribution in [-0.4, -0.2) is 57.3 Å². The number of fused-ring (bicyclic) bond motifs is 5. The minimum atomic E-state index is -1.15. The minimum absolute atomic E-state index is 0.0794. The molecule has 2 N–H and O–H groups in total. The highest BCUT2D eigenvalue weighted by Crippen LogP contribution is 2.70. The van der Waals surface area contributed by atoms with Crippen molar-refractivity contribution >= 4 is 29.3 Å². The summed E-state index contributed by atoms with van der Waals surface area (Å²) in [5.41, 5.74) is 2.33. The fraction of sp³-hybridized carbons (Fsp3) is 0.711. The number of ether oxygens (including phenoxy) is 1. The second kappa shape index (κ2) is 15.7. The van der Waals surface area contributed by atoms with Gasteiger partial charge in [-0.25, -0.2) is 0 Å².